The van der Waals surface area contributed by atoms with Crippen molar-refractivity contribution in [1.82, 2.24) is 14.7 Å². The van der Waals surface area contributed by atoms with Gasteiger partial charge in [-0.15, -0.1) is 0 Å². The topological polar surface area (TPSA) is 73.3 Å². The maximum Gasteiger partial charge on any atom is 0.317 e. The van der Waals surface area contributed by atoms with E-state index in [9.17, 15) is 9.59 Å². The van der Waals surface area contributed by atoms with Gasteiger partial charge >= 0.3 is 5.97 Å². The average Bonchev–Trinajstić information content (AvgIpc) is 2.56. The lowest BCUT2D eigenvalue weighted by molar-refractivity contribution is -0.138. The fourth-order valence-corrected chi connectivity index (χ4v) is 3.99. The molecule has 0 aromatic carbocycles. The molecule has 0 aromatic rings. The van der Waals surface area contributed by atoms with E-state index in [2.05, 4.69) is 16.7 Å². The van der Waals surface area contributed by atoms with Gasteiger partial charge in [-0.25, -0.2) is 0 Å². The molecule has 1 unspecified atom stereocenters. The number of nitrogens with zero attached hydrogens (tertiary/aromatic N) is 3. The number of carbonyl (C=O) groups excluding carboxylic acids is 1. The highest BCUT2D eigenvalue weighted by molar-refractivity contribution is 5.78. The predicted octanol–water partition coefficient (Wildman–Crippen LogP) is 0.885. The van der Waals surface area contributed by atoms with E-state index in [0.29, 0.717) is 32.3 Å². The van der Waals surface area contributed by atoms with Crippen LogP contribution in [0.25, 0.3) is 0 Å². The first kappa shape index (κ1) is 20.1. The van der Waals surface area contributed by atoms with E-state index < -0.39 is 5.97 Å². The Balaban J connectivity index is 1.81. The Bertz CT molecular complexity index is 440. The van der Waals surface area contributed by atoms with Gasteiger partial charge in [-0.3, -0.25) is 19.4 Å². The van der Waals surface area contributed by atoms with Crippen LogP contribution in [0.4, 0.5) is 0 Å². The molecule has 1 amide bonds. The van der Waals surface area contributed by atoms with E-state index in [1.54, 1.807) is 11.9 Å². The Morgan fingerprint density at radius 2 is 1.96 bits per heavy atom. The molecule has 1 heterocycles. The average molecular weight is 355 g/mol. The summed E-state index contributed by atoms with van der Waals surface area (Å²) in [5.74, 6) is -0.620. The zero-order chi connectivity index (χ0) is 18.2. The molecular weight excluding hydrogens is 322 g/mol. The van der Waals surface area contributed by atoms with Gasteiger partial charge in [0, 0.05) is 32.2 Å². The smallest absolute Gasteiger partial charge is 0.317 e. The number of hydrogen-bond donors (Lipinski definition) is 1. The number of aliphatic carboxylic acids is 1. The van der Waals surface area contributed by atoms with Crippen LogP contribution in [0.5, 0.6) is 0 Å². The first-order valence-electron chi connectivity index (χ1n) is 9.53. The Kier molecular flexibility index (Phi) is 8.12. The Hall–Kier alpha value is -1.18. The fourth-order valence-electron chi connectivity index (χ4n) is 3.99. The second-order valence-electron chi connectivity index (χ2n) is 7.29. The Labute approximate surface area is 150 Å². The van der Waals surface area contributed by atoms with E-state index >= 15 is 0 Å². The molecule has 7 heteroatoms. The van der Waals surface area contributed by atoms with Gasteiger partial charge in [0.1, 0.15) is 0 Å². The normalized spacial score (nSPS) is 22.9. The third-order valence-electron chi connectivity index (χ3n) is 5.18. The van der Waals surface area contributed by atoms with Crippen LogP contribution in [0.2, 0.25) is 0 Å². The van der Waals surface area contributed by atoms with E-state index in [0.717, 1.165) is 25.9 Å². The van der Waals surface area contributed by atoms with Gasteiger partial charge in [-0.05, 0) is 26.8 Å². The summed E-state index contributed by atoms with van der Waals surface area (Å²) in [5.41, 5.74) is 0. The van der Waals surface area contributed by atoms with Crippen molar-refractivity contribution < 1.29 is 19.4 Å². The summed E-state index contributed by atoms with van der Waals surface area (Å²) >= 11 is 0. The molecule has 144 valence electrons. The number of hydrogen-bond acceptors (Lipinski definition) is 5. The highest BCUT2D eigenvalue weighted by Crippen LogP contribution is 2.22. The molecule has 7 nitrogen and oxygen atoms in total. The highest BCUT2D eigenvalue weighted by Gasteiger charge is 2.28. The van der Waals surface area contributed by atoms with Gasteiger partial charge < -0.3 is 14.7 Å². The molecule has 2 rings (SSSR count). The first-order valence-corrected chi connectivity index (χ1v) is 9.53. The van der Waals surface area contributed by atoms with E-state index in [4.69, 9.17) is 9.84 Å². The lowest BCUT2D eigenvalue weighted by Crippen LogP contribution is -2.52. The second kappa shape index (κ2) is 10.1. The fraction of sp³-hybridized carbons (Fsp3) is 0.889. The van der Waals surface area contributed by atoms with Gasteiger partial charge in [0.25, 0.3) is 0 Å². The SMILES string of the molecule is CCN(C(=O)CN1CCOC(CN(C)CC(=O)O)C1)C1CCCCC1. The number of carbonyl (C=O) groups is 2. The number of carboxylic acid groups (broad SMARTS) is 1. The summed E-state index contributed by atoms with van der Waals surface area (Å²) in [6.07, 6.45) is 5.96. The summed E-state index contributed by atoms with van der Waals surface area (Å²) < 4.78 is 5.74. The summed E-state index contributed by atoms with van der Waals surface area (Å²) in [6.45, 7) is 5.88. The number of ether oxygens (including phenoxy) is 1. The van der Waals surface area contributed by atoms with E-state index in [-0.39, 0.29) is 18.6 Å². The molecule has 1 aliphatic heterocycles. The maximum atomic E-state index is 12.8. The number of morpholine rings is 1. The summed E-state index contributed by atoms with van der Waals surface area (Å²) in [7, 11) is 1.78. The molecule has 0 spiro atoms. The molecule has 0 aromatic heterocycles. The molecule has 25 heavy (non-hydrogen) atoms. The monoisotopic (exact) mass is 355 g/mol. The molecule has 1 saturated heterocycles. The summed E-state index contributed by atoms with van der Waals surface area (Å²) in [6, 6.07) is 0.407. The lowest BCUT2D eigenvalue weighted by atomic mass is 9.94. The summed E-state index contributed by atoms with van der Waals surface area (Å²) in [4.78, 5) is 29.5. The molecule has 1 aliphatic carbocycles. The minimum Gasteiger partial charge on any atom is -0.480 e. The number of carboxylic acids is 1. The van der Waals surface area contributed by atoms with Crippen molar-refractivity contribution >= 4 is 11.9 Å². The standard InChI is InChI=1S/C18H33N3O4/c1-3-21(15-7-5-4-6-8-15)17(22)13-20-9-10-25-16(12-20)11-19(2)14-18(23)24/h15-16H,3-14H2,1-2H3,(H,23,24). The number of likely N-dealkylation sites (N-methyl/N-ethyl adjacent to an activating group) is 2. The molecular formula is C18H33N3O4. The van der Waals surface area contributed by atoms with Crippen LogP contribution in [0.1, 0.15) is 39.0 Å². The van der Waals surface area contributed by atoms with Crippen LogP contribution in [0, 0.1) is 0 Å². The Morgan fingerprint density at radius 3 is 2.60 bits per heavy atom. The van der Waals surface area contributed by atoms with Crippen LogP contribution in [0.3, 0.4) is 0 Å². The first-order chi connectivity index (χ1) is 12.0. The molecule has 1 atom stereocenters. The lowest BCUT2D eigenvalue weighted by Gasteiger charge is -2.37. The zero-order valence-corrected chi connectivity index (χ0v) is 15.7. The van der Waals surface area contributed by atoms with Crippen LogP contribution < -0.4 is 0 Å². The highest BCUT2D eigenvalue weighted by atomic mass is 16.5. The van der Waals surface area contributed by atoms with Crippen molar-refractivity contribution in [1.29, 1.82) is 0 Å². The second-order valence-corrected chi connectivity index (χ2v) is 7.29. The third-order valence-corrected chi connectivity index (χ3v) is 5.18. The van der Waals surface area contributed by atoms with E-state index in [1.807, 2.05) is 0 Å². The number of amides is 1. The van der Waals surface area contributed by atoms with Crippen LogP contribution in [0.15, 0.2) is 0 Å². The van der Waals surface area contributed by atoms with E-state index in [1.165, 1.54) is 19.3 Å². The largest absolute Gasteiger partial charge is 0.480 e. The van der Waals surface area contributed by atoms with Crippen molar-refractivity contribution in [2.45, 2.75) is 51.2 Å². The van der Waals surface area contributed by atoms with Crippen molar-refractivity contribution in [3.05, 3.63) is 0 Å². The van der Waals surface area contributed by atoms with Crippen LogP contribution in [-0.2, 0) is 14.3 Å². The molecule has 1 saturated carbocycles. The van der Waals surface area contributed by atoms with Crippen molar-refractivity contribution in [3.8, 4) is 0 Å². The van der Waals surface area contributed by atoms with Gasteiger partial charge in [-0.1, -0.05) is 19.3 Å². The van der Waals surface area contributed by atoms with Gasteiger partial charge in [0.05, 0.1) is 25.8 Å². The van der Waals surface area contributed by atoms with Crippen molar-refractivity contribution in [2.75, 3.05) is 52.9 Å². The molecule has 0 bridgehead atoms. The summed E-state index contributed by atoms with van der Waals surface area (Å²) in [5, 5.41) is 8.85. The minimum atomic E-state index is -0.837. The van der Waals surface area contributed by atoms with Gasteiger partial charge in [-0.2, -0.15) is 0 Å². The van der Waals surface area contributed by atoms with Gasteiger partial charge in [0.15, 0.2) is 0 Å². The maximum absolute atomic E-state index is 12.8. The van der Waals surface area contributed by atoms with Crippen molar-refractivity contribution in [2.24, 2.45) is 0 Å². The Morgan fingerprint density at radius 1 is 1.24 bits per heavy atom. The minimum absolute atomic E-state index is 0.00405. The third kappa shape index (κ3) is 6.56. The molecule has 1 N–H and O–H groups in total. The van der Waals surface area contributed by atoms with Gasteiger partial charge in [0.2, 0.25) is 5.91 Å². The van der Waals surface area contributed by atoms with Crippen LogP contribution in [-0.4, -0.2) is 96.8 Å². The predicted molar refractivity (Wildman–Crippen MR) is 95.6 cm³/mol. The molecule has 2 fully saturated rings. The number of rotatable bonds is 8. The molecule has 2 aliphatic rings. The quantitative estimate of drug-likeness (QED) is 0.697. The molecule has 0 radical (unpaired) electrons. The van der Waals surface area contributed by atoms with Crippen LogP contribution >= 0.6 is 0 Å². The van der Waals surface area contributed by atoms with Crippen molar-refractivity contribution in [3.63, 3.8) is 0 Å². The zero-order valence-electron chi connectivity index (χ0n) is 15.7.